The molecule has 0 aromatic heterocycles. The molecule has 5 nitrogen and oxygen atoms in total. The zero-order chi connectivity index (χ0) is 14.4. The lowest BCUT2D eigenvalue weighted by Crippen LogP contribution is -2.42. The van der Waals surface area contributed by atoms with E-state index in [9.17, 15) is 14.9 Å². The maximum absolute atomic E-state index is 12.2. The van der Waals surface area contributed by atoms with Gasteiger partial charge < -0.3 is 10.2 Å². The van der Waals surface area contributed by atoms with Crippen molar-refractivity contribution in [2.45, 2.75) is 51.4 Å². The Hall–Kier alpha value is -1.57. The molecule has 0 bridgehead atoms. The standard InChI is InChI=1S/C15H23N3O2/c16-12-15(7-2-1-3-8-15)14(20)17-9-6-13(19)18-10-4-5-11-18/h1-11H2,(H,17,20). The average molecular weight is 277 g/mol. The highest BCUT2D eigenvalue weighted by molar-refractivity contribution is 5.86. The minimum Gasteiger partial charge on any atom is -0.354 e. The van der Waals surface area contributed by atoms with E-state index in [-0.39, 0.29) is 11.8 Å². The van der Waals surface area contributed by atoms with Gasteiger partial charge in [0, 0.05) is 26.1 Å². The van der Waals surface area contributed by atoms with Gasteiger partial charge in [-0.15, -0.1) is 0 Å². The molecule has 1 heterocycles. The normalized spacial score (nSPS) is 21.2. The van der Waals surface area contributed by atoms with Crippen LogP contribution in [0.15, 0.2) is 0 Å². The fourth-order valence-electron chi connectivity index (χ4n) is 3.12. The van der Waals surface area contributed by atoms with Gasteiger partial charge in [0.2, 0.25) is 11.8 Å². The first-order chi connectivity index (χ1) is 9.68. The van der Waals surface area contributed by atoms with Crippen LogP contribution in [-0.2, 0) is 9.59 Å². The summed E-state index contributed by atoms with van der Waals surface area (Å²) in [4.78, 5) is 25.9. The van der Waals surface area contributed by atoms with E-state index in [1.165, 1.54) is 0 Å². The van der Waals surface area contributed by atoms with Crippen LogP contribution in [0, 0.1) is 16.7 Å². The SMILES string of the molecule is N#CC1(C(=O)NCCC(=O)N2CCCC2)CCCCC1. The van der Waals surface area contributed by atoms with Gasteiger partial charge >= 0.3 is 0 Å². The highest BCUT2D eigenvalue weighted by atomic mass is 16.2. The third-order valence-electron chi connectivity index (χ3n) is 4.44. The van der Waals surface area contributed by atoms with E-state index in [4.69, 9.17) is 0 Å². The Bertz CT molecular complexity index is 402. The van der Waals surface area contributed by atoms with E-state index < -0.39 is 5.41 Å². The molecular formula is C15H23N3O2. The van der Waals surface area contributed by atoms with Gasteiger partial charge in [0.15, 0.2) is 0 Å². The smallest absolute Gasteiger partial charge is 0.240 e. The van der Waals surface area contributed by atoms with Crippen molar-refractivity contribution in [2.24, 2.45) is 5.41 Å². The maximum Gasteiger partial charge on any atom is 0.240 e. The number of carbonyl (C=O) groups excluding carboxylic acids is 2. The van der Waals surface area contributed by atoms with Crippen LogP contribution in [0.25, 0.3) is 0 Å². The minimum atomic E-state index is -0.852. The van der Waals surface area contributed by atoms with Crippen LogP contribution in [0.1, 0.15) is 51.4 Å². The Labute approximate surface area is 120 Å². The number of nitrogens with zero attached hydrogens (tertiary/aromatic N) is 2. The predicted molar refractivity (Wildman–Crippen MR) is 74.6 cm³/mol. The molecule has 0 atom stereocenters. The second kappa shape index (κ2) is 6.74. The average Bonchev–Trinajstić information content (AvgIpc) is 3.02. The molecule has 2 amide bonds. The predicted octanol–water partition coefficient (Wildman–Crippen LogP) is 1.59. The first-order valence-electron chi connectivity index (χ1n) is 7.65. The fourth-order valence-corrected chi connectivity index (χ4v) is 3.12. The third-order valence-corrected chi connectivity index (χ3v) is 4.44. The molecule has 0 aromatic rings. The zero-order valence-electron chi connectivity index (χ0n) is 12.0. The summed E-state index contributed by atoms with van der Waals surface area (Å²) >= 11 is 0. The summed E-state index contributed by atoms with van der Waals surface area (Å²) in [6.45, 7) is 2.03. The highest BCUT2D eigenvalue weighted by Crippen LogP contribution is 2.35. The summed E-state index contributed by atoms with van der Waals surface area (Å²) in [6, 6.07) is 2.20. The molecule has 1 saturated carbocycles. The fraction of sp³-hybridized carbons (Fsp3) is 0.800. The van der Waals surface area contributed by atoms with Gasteiger partial charge in [-0.2, -0.15) is 5.26 Å². The summed E-state index contributed by atoms with van der Waals surface area (Å²) in [5, 5.41) is 12.1. The molecule has 2 fully saturated rings. The number of amides is 2. The van der Waals surface area contributed by atoms with Gasteiger partial charge in [-0.1, -0.05) is 19.3 Å². The number of carbonyl (C=O) groups is 2. The van der Waals surface area contributed by atoms with E-state index in [0.29, 0.717) is 25.8 Å². The van der Waals surface area contributed by atoms with Crippen LogP contribution < -0.4 is 5.32 Å². The Kier molecular flexibility index (Phi) is 4.99. The number of nitrogens with one attached hydrogen (secondary N) is 1. The van der Waals surface area contributed by atoms with Crippen LogP contribution >= 0.6 is 0 Å². The first-order valence-corrected chi connectivity index (χ1v) is 7.65. The van der Waals surface area contributed by atoms with Crippen molar-refractivity contribution in [1.29, 1.82) is 5.26 Å². The molecule has 0 spiro atoms. The number of hydrogen-bond acceptors (Lipinski definition) is 3. The van der Waals surface area contributed by atoms with Gasteiger partial charge in [0.25, 0.3) is 0 Å². The van der Waals surface area contributed by atoms with E-state index in [0.717, 1.165) is 45.2 Å². The van der Waals surface area contributed by atoms with Crippen LogP contribution in [0.5, 0.6) is 0 Å². The number of likely N-dealkylation sites (tertiary alicyclic amines) is 1. The molecular weight excluding hydrogens is 254 g/mol. The second-order valence-electron chi connectivity index (χ2n) is 5.85. The Balaban J connectivity index is 1.76. The van der Waals surface area contributed by atoms with Gasteiger partial charge in [0.1, 0.15) is 5.41 Å². The lowest BCUT2D eigenvalue weighted by Gasteiger charge is -2.29. The molecule has 2 aliphatic rings. The minimum absolute atomic E-state index is 0.109. The van der Waals surface area contributed by atoms with Crippen molar-refractivity contribution in [3.8, 4) is 6.07 Å². The molecule has 0 unspecified atom stereocenters. The first kappa shape index (κ1) is 14.8. The summed E-state index contributed by atoms with van der Waals surface area (Å²) < 4.78 is 0. The Morgan fingerprint density at radius 2 is 1.75 bits per heavy atom. The van der Waals surface area contributed by atoms with Gasteiger partial charge in [-0.25, -0.2) is 0 Å². The summed E-state index contributed by atoms with van der Waals surface area (Å²) in [5.41, 5.74) is -0.852. The Morgan fingerprint density at radius 3 is 2.35 bits per heavy atom. The van der Waals surface area contributed by atoms with Crippen LogP contribution in [0.3, 0.4) is 0 Å². The van der Waals surface area contributed by atoms with E-state index in [1.54, 1.807) is 0 Å². The van der Waals surface area contributed by atoms with E-state index in [2.05, 4.69) is 11.4 Å². The summed E-state index contributed by atoms with van der Waals surface area (Å²) in [6.07, 6.45) is 6.77. The number of nitriles is 1. The maximum atomic E-state index is 12.2. The van der Waals surface area contributed by atoms with Crippen molar-refractivity contribution in [1.82, 2.24) is 10.2 Å². The summed E-state index contributed by atoms with van der Waals surface area (Å²) in [7, 11) is 0. The molecule has 1 saturated heterocycles. The lowest BCUT2D eigenvalue weighted by atomic mass is 9.74. The molecule has 1 aliphatic heterocycles. The molecule has 2 rings (SSSR count). The van der Waals surface area contributed by atoms with Gasteiger partial charge in [-0.3, -0.25) is 9.59 Å². The largest absolute Gasteiger partial charge is 0.354 e. The topological polar surface area (TPSA) is 73.2 Å². The van der Waals surface area contributed by atoms with Crippen molar-refractivity contribution >= 4 is 11.8 Å². The highest BCUT2D eigenvalue weighted by Gasteiger charge is 2.39. The third kappa shape index (κ3) is 3.30. The van der Waals surface area contributed by atoms with Gasteiger partial charge in [0.05, 0.1) is 6.07 Å². The molecule has 0 radical (unpaired) electrons. The molecule has 20 heavy (non-hydrogen) atoms. The molecule has 5 heteroatoms. The molecule has 1 N–H and O–H groups in total. The van der Waals surface area contributed by atoms with Crippen LogP contribution in [-0.4, -0.2) is 36.3 Å². The Morgan fingerprint density at radius 1 is 1.10 bits per heavy atom. The van der Waals surface area contributed by atoms with Crippen molar-refractivity contribution in [3.63, 3.8) is 0 Å². The lowest BCUT2D eigenvalue weighted by molar-refractivity contribution is -0.131. The van der Waals surface area contributed by atoms with E-state index in [1.807, 2.05) is 4.90 Å². The van der Waals surface area contributed by atoms with E-state index >= 15 is 0 Å². The van der Waals surface area contributed by atoms with Gasteiger partial charge in [-0.05, 0) is 25.7 Å². The van der Waals surface area contributed by atoms with Crippen LogP contribution in [0.4, 0.5) is 0 Å². The molecule has 0 aromatic carbocycles. The second-order valence-corrected chi connectivity index (χ2v) is 5.85. The summed E-state index contributed by atoms with van der Waals surface area (Å²) in [5.74, 6) is -0.0774. The monoisotopic (exact) mass is 277 g/mol. The number of rotatable bonds is 4. The van der Waals surface area contributed by atoms with Crippen LogP contribution in [0.2, 0.25) is 0 Å². The van der Waals surface area contributed by atoms with Crippen molar-refractivity contribution < 1.29 is 9.59 Å². The van der Waals surface area contributed by atoms with Crippen molar-refractivity contribution in [2.75, 3.05) is 19.6 Å². The quantitative estimate of drug-likeness (QED) is 0.848. The number of hydrogen-bond donors (Lipinski definition) is 1. The van der Waals surface area contributed by atoms with Crippen molar-refractivity contribution in [3.05, 3.63) is 0 Å². The zero-order valence-corrected chi connectivity index (χ0v) is 12.0. The molecule has 1 aliphatic carbocycles. The molecule has 110 valence electrons.